The molecule has 2 amide bonds. The second-order valence-electron chi connectivity index (χ2n) is 6.69. The molecule has 4 N–H and O–H groups in total. The van der Waals surface area contributed by atoms with Crippen LogP contribution in [-0.4, -0.2) is 19.6 Å². The van der Waals surface area contributed by atoms with Gasteiger partial charge in [-0.15, -0.1) is 0 Å². The van der Waals surface area contributed by atoms with Gasteiger partial charge in [0.1, 0.15) is 0 Å². The molecule has 1 atom stereocenters. The van der Waals surface area contributed by atoms with Crippen molar-refractivity contribution >= 4 is 11.7 Å². The maximum absolute atomic E-state index is 11.7. The number of anilines is 1. The predicted molar refractivity (Wildman–Crippen MR) is 91.0 cm³/mol. The van der Waals surface area contributed by atoms with E-state index in [-0.39, 0.29) is 17.5 Å². The van der Waals surface area contributed by atoms with Crippen molar-refractivity contribution < 1.29 is 4.79 Å². The maximum Gasteiger partial charge on any atom is 0.333 e. The number of amides is 2. The molecular weight excluding hydrogens is 276 g/mol. The number of carbonyl (C=O) groups excluding carboxylic acids is 1. The number of urea groups is 1. The average Bonchev–Trinajstić information content (AvgIpc) is 2.48. The fraction of sp³-hybridized carbons (Fsp3) is 0.588. The molecule has 0 bridgehead atoms. The molecule has 1 unspecified atom stereocenters. The summed E-state index contributed by atoms with van der Waals surface area (Å²) in [5, 5.41) is 4.54. The van der Waals surface area contributed by atoms with Crippen molar-refractivity contribution in [1.29, 1.82) is 0 Å². The number of nitrogens with two attached hydrogens (primary N) is 1. The van der Waals surface area contributed by atoms with Crippen LogP contribution < -0.4 is 21.5 Å². The maximum atomic E-state index is 11.7. The van der Waals surface area contributed by atoms with Crippen LogP contribution in [0.4, 0.5) is 10.5 Å². The molecule has 0 aromatic heterocycles. The molecular formula is C17H28N4O. The van der Waals surface area contributed by atoms with E-state index < -0.39 is 0 Å². The number of fused-ring (bicyclic) bond motifs is 1. The number of hydrogen-bond acceptors (Lipinski definition) is 3. The average molecular weight is 304 g/mol. The largest absolute Gasteiger partial charge is 0.340 e. The normalized spacial score (nSPS) is 17.6. The number of hydrazine groups is 1. The molecule has 5 heteroatoms. The van der Waals surface area contributed by atoms with Gasteiger partial charge in [0, 0.05) is 19.6 Å². The van der Waals surface area contributed by atoms with Crippen LogP contribution in [-0.2, 0) is 11.8 Å². The van der Waals surface area contributed by atoms with E-state index in [1.54, 1.807) is 7.05 Å². The van der Waals surface area contributed by atoms with Gasteiger partial charge in [0.15, 0.2) is 0 Å². The van der Waals surface area contributed by atoms with Crippen molar-refractivity contribution in [3.8, 4) is 0 Å². The minimum absolute atomic E-state index is 0.0212. The smallest absolute Gasteiger partial charge is 0.333 e. The number of hydrogen-bond donors (Lipinski definition) is 3. The van der Waals surface area contributed by atoms with E-state index in [4.69, 9.17) is 5.73 Å². The molecule has 1 aromatic rings. The van der Waals surface area contributed by atoms with E-state index in [0.717, 1.165) is 30.6 Å². The van der Waals surface area contributed by atoms with Crippen molar-refractivity contribution in [1.82, 2.24) is 10.7 Å². The summed E-state index contributed by atoms with van der Waals surface area (Å²) in [5.41, 5.74) is 13.9. The van der Waals surface area contributed by atoms with E-state index in [2.05, 4.69) is 43.6 Å². The zero-order valence-corrected chi connectivity index (χ0v) is 14.3. The topological polar surface area (TPSA) is 70.4 Å². The fourth-order valence-electron chi connectivity index (χ4n) is 3.09. The van der Waals surface area contributed by atoms with Crippen LogP contribution in [0.3, 0.4) is 0 Å². The first kappa shape index (κ1) is 16.6. The minimum atomic E-state index is -0.201. The van der Waals surface area contributed by atoms with E-state index in [9.17, 15) is 4.79 Å². The van der Waals surface area contributed by atoms with Crippen molar-refractivity contribution in [2.24, 2.45) is 5.73 Å². The Balaban J connectivity index is 2.54. The van der Waals surface area contributed by atoms with E-state index in [1.807, 2.05) is 11.9 Å². The molecule has 0 aliphatic carbocycles. The Kier molecular flexibility index (Phi) is 4.66. The summed E-state index contributed by atoms with van der Waals surface area (Å²) in [6.07, 6.45) is 1.95. The molecule has 5 nitrogen and oxygen atoms in total. The number of nitrogens with zero attached hydrogens (tertiary/aromatic N) is 1. The molecule has 1 heterocycles. The summed E-state index contributed by atoms with van der Waals surface area (Å²) in [7, 11) is 1.62. The van der Waals surface area contributed by atoms with Crippen LogP contribution in [0.15, 0.2) is 12.1 Å². The van der Waals surface area contributed by atoms with E-state index in [0.29, 0.717) is 0 Å². The molecule has 0 spiro atoms. The van der Waals surface area contributed by atoms with Gasteiger partial charge in [0.05, 0.1) is 5.69 Å². The molecule has 2 rings (SSSR count). The monoisotopic (exact) mass is 304 g/mol. The molecule has 22 heavy (non-hydrogen) atoms. The summed E-state index contributed by atoms with van der Waals surface area (Å²) in [6, 6.07) is 4.20. The molecule has 122 valence electrons. The Morgan fingerprint density at radius 1 is 1.45 bits per heavy atom. The van der Waals surface area contributed by atoms with Crippen LogP contribution >= 0.6 is 0 Å². The summed E-state index contributed by atoms with van der Waals surface area (Å²) in [5.74, 6) is 0. The number of rotatable bonds is 3. The van der Waals surface area contributed by atoms with E-state index >= 15 is 0 Å². The van der Waals surface area contributed by atoms with Gasteiger partial charge >= 0.3 is 6.03 Å². The molecule has 0 saturated carbocycles. The Labute approximate surface area is 133 Å². The Morgan fingerprint density at radius 3 is 2.68 bits per heavy atom. The highest BCUT2D eigenvalue weighted by atomic mass is 16.2. The number of aryl methyl sites for hydroxylation is 1. The second kappa shape index (κ2) is 6.16. The van der Waals surface area contributed by atoms with Gasteiger partial charge in [0.25, 0.3) is 0 Å². The van der Waals surface area contributed by atoms with Crippen molar-refractivity contribution in [3.63, 3.8) is 0 Å². The molecule has 0 saturated heterocycles. The number of nitrogens with one attached hydrogen (secondary N) is 2. The van der Waals surface area contributed by atoms with Crippen LogP contribution in [0.25, 0.3) is 0 Å². The minimum Gasteiger partial charge on any atom is -0.340 e. The first-order chi connectivity index (χ1) is 10.3. The first-order valence-corrected chi connectivity index (χ1v) is 7.99. The highest BCUT2D eigenvalue weighted by Crippen LogP contribution is 2.41. The van der Waals surface area contributed by atoms with Gasteiger partial charge in [-0.2, -0.15) is 0 Å². The third-order valence-corrected chi connectivity index (χ3v) is 4.57. The van der Waals surface area contributed by atoms with Crippen molar-refractivity contribution in [3.05, 3.63) is 28.8 Å². The predicted octanol–water partition coefficient (Wildman–Crippen LogP) is 2.60. The number of carbonyl (C=O) groups is 1. The third-order valence-electron chi connectivity index (χ3n) is 4.57. The van der Waals surface area contributed by atoms with Crippen LogP contribution in [0.1, 0.15) is 56.8 Å². The zero-order valence-electron chi connectivity index (χ0n) is 14.3. The SMILES string of the molecule is CCc1cc2c(cc1C(C)N)N(NC(=O)NC)CCC2(C)C. The Morgan fingerprint density at radius 2 is 2.14 bits per heavy atom. The fourth-order valence-corrected chi connectivity index (χ4v) is 3.09. The lowest BCUT2D eigenvalue weighted by molar-refractivity contribution is 0.241. The van der Waals surface area contributed by atoms with Gasteiger partial charge in [-0.1, -0.05) is 26.8 Å². The summed E-state index contributed by atoms with van der Waals surface area (Å²) in [6.45, 7) is 9.47. The standard InChI is InChI=1S/C17H28N4O/c1-6-12-9-14-15(10-13(12)11(2)18)21(20-16(22)19-5)8-7-17(14,3)4/h9-11H,6-8,18H2,1-5H3,(H2,19,20,22). The summed E-state index contributed by atoms with van der Waals surface area (Å²) >= 11 is 0. The third kappa shape index (κ3) is 3.04. The molecule has 1 aliphatic heterocycles. The molecule has 0 radical (unpaired) electrons. The van der Waals surface area contributed by atoms with Gasteiger partial charge < -0.3 is 11.1 Å². The second-order valence-corrected chi connectivity index (χ2v) is 6.69. The zero-order chi connectivity index (χ0) is 16.5. The lowest BCUT2D eigenvalue weighted by atomic mass is 9.76. The van der Waals surface area contributed by atoms with Crippen LogP contribution in [0, 0.1) is 0 Å². The Hall–Kier alpha value is -1.75. The summed E-state index contributed by atoms with van der Waals surface area (Å²) < 4.78 is 0. The van der Waals surface area contributed by atoms with Gasteiger partial charge in [0.2, 0.25) is 0 Å². The van der Waals surface area contributed by atoms with Crippen molar-refractivity contribution in [2.75, 3.05) is 18.6 Å². The molecule has 1 aliphatic rings. The van der Waals surface area contributed by atoms with E-state index in [1.165, 1.54) is 11.1 Å². The van der Waals surface area contributed by atoms with Gasteiger partial charge in [-0.3, -0.25) is 5.01 Å². The highest BCUT2D eigenvalue weighted by Gasteiger charge is 2.33. The van der Waals surface area contributed by atoms with Gasteiger partial charge in [-0.05, 0) is 47.9 Å². The van der Waals surface area contributed by atoms with Gasteiger partial charge in [-0.25, -0.2) is 10.2 Å². The summed E-state index contributed by atoms with van der Waals surface area (Å²) in [4.78, 5) is 11.7. The van der Waals surface area contributed by atoms with Crippen molar-refractivity contribution in [2.45, 2.75) is 52.0 Å². The Bertz CT molecular complexity index is 566. The molecule has 1 aromatic carbocycles. The van der Waals surface area contributed by atoms with Crippen LogP contribution in [0.5, 0.6) is 0 Å². The lowest BCUT2D eigenvalue weighted by Gasteiger charge is -2.41. The lowest BCUT2D eigenvalue weighted by Crippen LogP contribution is -2.51. The number of benzene rings is 1. The first-order valence-electron chi connectivity index (χ1n) is 7.99. The molecule has 0 fully saturated rings. The van der Waals surface area contributed by atoms with Crippen LogP contribution in [0.2, 0.25) is 0 Å². The highest BCUT2D eigenvalue weighted by molar-refractivity contribution is 5.77. The quantitative estimate of drug-likeness (QED) is 0.804.